The van der Waals surface area contributed by atoms with Crippen LogP contribution in [0.1, 0.15) is 28.2 Å². The first-order valence-corrected chi connectivity index (χ1v) is 12.0. The highest BCUT2D eigenvalue weighted by Gasteiger charge is 2.19. The van der Waals surface area contributed by atoms with Gasteiger partial charge in [0.1, 0.15) is 12.0 Å². The van der Waals surface area contributed by atoms with Crippen molar-refractivity contribution in [1.29, 1.82) is 5.26 Å². The number of halogens is 2. The lowest BCUT2D eigenvalue weighted by Crippen LogP contribution is -2.31. The van der Waals surface area contributed by atoms with E-state index in [9.17, 15) is 10.1 Å². The summed E-state index contributed by atoms with van der Waals surface area (Å²) in [5.41, 5.74) is 15.6. The number of rotatable bonds is 8. The van der Waals surface area contributed by atoms with Gasteiger partial charge in [-0.05, 0) is 47.4 Å². The van der Waals surface area contributed by atoms with Gasteiger partial charge in [0.25, 0.3) is 0 Å². The molecule has 0 radical (unpaired) electrons. The number of nitrogens with zero attached hydrogens (tertiary/aromatic N) is 3. The van der Waals surface area contributed by atoms with Crippen LogP contribution < -0.4 is 21.9 Å². The summed E-state index contributed by atoms with van der Waals surface area (Å²) in [4.78, 5) is 20.6. The molecular formula is C27H23Cl2N7O. The molecule has 5 N–H and O–H groups in total. The van der Waals surface area contributed by atoms with E-state index in [2.05, 4.69) is 32.2 Å². The summed E-state index contributed by atoms with van der Waals surface area (Å²) in [6.07, 6.45) is 1.52. The second-order valence-electron chi connectivity index (χ2n) is 8.25. The lowest BCUT2D eigenvalue weighted by atomic mass is 9.91. The third kappa shape index (κ3) is 6.28. The first-order chi connectivity index (χ1) is 17.9. The minimum Gasteiger partial charge on any atom is -0.393 e. The molecule has 1 heterocycles. The molecule has 8 nitrogen and oxygen atoms in total. The summed E-state index contributed by atoms with van der Waals surface area (Å²) in [6, 6.07) is 22.4. The number of nitrogens with one attached hydrogen (secondary N) is 3. The second kappa shape index (κ2) is 11.6. The number of hydrogen-bond donors (Lipinski definition) is 4. The fourth-order valence-electron chi connectivity index (χ4n) is 3.72. The van der Waals surface area contributed by atoms with Crippen molar-refractivity contribution in [2.75, 3.05) is 16.5 Å². The Hall–Kier alpha value is -4.32. The molecule has 0 aliphatic carbocycles. The number of nitrogen functional groups attached to an aromatic ring is 1. The summed E-state index contributed by atoms with van der Waals surface area (Å²) in [7, 11) is 0. The molecular weight excluding hydrogens is 509 g/mol. The van der Waals surface area contributed by atoms with Crippen molar-refractivity contribution in [2.45, 2.75) is 19.3 Å². The molecule has 0 bridgehead atoms. The molecule has 0 saturated carbocycles. The van der Waals surface area contributed by atoms with E-state index in [-0.39, 0.29) is 23.8 Å². The monoisotopic (exact) mass is 531 g/mol. The summed E-state index contributed by atoms with van der Waals surface area (Å²) >= 11 is 12.6. The van der Waals surface area contributed by atoms with Crippen molar-refractivity contribution in [3.8, 4) is 6.07 Å². The Morgan fingerprint density at radius 2 is 1.76 bits per heavy atom. The minimum absolute atomic E-state index is 0.202. The second-order valence-corrected chi connectivity index (χ2v) is 9.09. The van der Waals surface area contributed by atoms with Crippen LogP contribution in [-0.2, 0) is 11.2 Å². The highest BCUT2D eigenvalue weighted by atomic mass is 35.5. The number of hydrogen-bond acceptors (Lipinski definition) is 7. The first-order valence-electron chi connectivity index (χ1n) is 11.3. The van der Waals surface area contributed by atoms with Crippen LogP contribution in [0.5, 0.6) is 0 Å². The summed E-state index contributed by atoms with van der Waals surface area (Å²) in [6.45, 7) is 1.89. The lowest BCUT2D eigenvalue weighted by Gasteiger charge is -2.17. The number of benzene rings is 3. The molecule has 4 aromatic rings. The normalized spacial score (nSPS) is 11.3. The molecule has 0 aliphatic rings. The zero-order valence-electron chi connectivity index (χ0n) is 19.8. The molecule has 0 aliphatic heterocycles. The topological polar surface area (TPSA) is 129 Å². The van der Waals surface area contributed by atoms with Crippen molar-refractivity contribution >= 4 is 52.1 Å². The standard InChI is InChI=1S/C27H23Cl2N7O/c1-16-11-20(21(14-30)18-7-9-19(28)10-8-18)22(29)13-23(16)34-26-25(31)27(33-15-32-26)36-35-24(37)12-17-5-3-2-4-6-17/h2-11,13,15,21H,12,31H2,1H3,(H,35,37)(H2,32,33,34,36). The van der Waals surface area contributed by atoms with E-state index in [4.69, 9.17) is 28.9 Å². The molecule has 0 spiro atoms. The molecule has 0 saturated heterocycles. The van der Waals surface area contributed by atoms with Crippen LogP contribution in [0.3, 0.4) is 0 Å². The minimum atomic E-state index is -0.558. The number of hydrazine groups is 1. The number of aromatic nitrogens is 2. The quantitative estimate of drug-likeness (QED) is 0.213. The van der Waals surface area contributed by atoms with E-state index in [0.717, 1.165) is 16.7 Å². The van der Waals surface area contributed by atoms with Crippen molar-refractivity contribution in [3.05, 3.63) is 105 Å². The van der Waals surface area contributed by atoms with Gasteiger partial charge in [0, 0.05) is 15.7 Å². The summed E-state index contributed by atoms with van der Waals surface area (Å²) in [5, 5.41) is 14.0. The highest BCUT2D eigenvalue weighted by molar-refractivity contribution is 6.32. The van der Waals surface area contributed by atoms with Crippen molar-refractivity contribution < 1.29 is 4.79 Å². The molecule has 10 heteroatoms. The van der Waals surface area contributed by atoms with Crippen LogP contribution in [0.15, 0.2) is 73.1 Å². The van der Waals surface area contributed by atoms with Gasteiger partial charge in [-0.3, -0.25) is 15.6 Å². The molecule has 37 heavy (non-hydrogen) atoms. The number of carbonyl (C=O) groups excluding carboxylic acids is 1. The fourth-order valence-corrected chi connectivity index (χ4v) is 4.11. The van der Waals surface area contributed by atoms with Crippen molar-refractivity contribution in [1.82, 2.24) is 15.4 Å². The maximum Gasteiger partial charge on any atom is 0.242 e. The Labute approximate surface area is 224 Å². The molecule has 1 amide bonds. The molecule has 1 unspecified atom stereocenters. The van der Waals surface area contributed by atoms with Crippen LogP contribution in [0.25, 0.3) is 0 Å². The molecule has 186 valence electrons. The SMILES string of the molecule is Cc1cc(C(C#N)c2ccc(Cl)cc2)c(Cl)cc1Nc1ncnc(NNC(=O)Cc2ccccc2)c1N. The van der Waals surface area contributed by atoms with Gasteiger partial charge in [-0.2, -0.15) is 5.26 Å². The predicted octanol–water partition coefficient (Wildman–Crippen LogP) is 5.76. The van der Waals surface area contributed by atoms with Crippen molar-refractivity contribution in [3.63, 3.8) is 0 Å². The van der Waals surface area contributed by atoms with Gasteiger partial charge in [-0.25, -0.2) is 9.97 Å². The van der Waals surface area contributed by atoms with E-state index < -0.39 is 5.92 Å². The van der Waals surface area contributed by atoms with Crippen LogP contribution >= 0.6 is 23.2 Å². The summed E-state index contributed by atoms with van der Waals surface area (Å²) < 4.78 is 0. The van der Waals surface area contributed by atoms with Crippen LogP contribution in [0, 0.1) is 18.3 Å². The number of aryl methyl sites for hydroxylation is 1. The van der Waals surface area contributed by atoms with Gasteiger partial charge >= 0.3 is 0 Å². The van der Waals surface area contributed by atoms with Gasteiger partial charge in [0.05, 0.1) is 18.4 Å². The van der Waals surface area contributed by atoms with Gasteiger partial charge < -0.3 is 11.1 Å². The third-order valence-electron chi connectivity index (χ3n) is 5.65. The largest absolute Gasteiger partial charge is 0.393 e. The zero-order chi connectivity index (χ0) is 26.4. The smallest absolute Gasteiger partial charge is 0.242 e. The summed E-state index contributed by atoms with van der Waals surface area (Å²) in [5.74, 6) is -0.232. The Bertz CT molecular complexity index is 1450. The van der Waals surface area contributed by atoms with Gasteiger partial charge in [-0.1, -0.05) is 71.7 Å². The van der Waals surface area contributed by atoms with E-state index in [0.29, 0.717) is 27.1 Å². The van der Waals surface area contributed by atoms with Crippen LogP contribution in [0.2, 0.25) is 10.0 Å². The van der Waals surface area contributed by atoms with Gasteiger partial charge in [0.2, 0.25) is 5.91 Å². The Morgan fingerprint density at radius 3 is 2.46 bits per heavy atom. The maximum absolute atomic E-state index is 12.3. The van der Waals surface area contributed by atoms with Crippen molar-refractivity contribution in [2.24, 2.45) is 0 Å². The Morgan fingerprint density at radius 1 is 1.05 bits per heavy atom. The molecule has 0 fully saturated rings. The van der Waals surface area contributed by atoms with Crippen LogP contribution in [0.4, 0.5) is 23.0 Å². The Balaban J connectivity index is 1.50. The average Bonchev–Trinajstić information content (AvgIpc) is 2.89. The van der Waals surface area contributed by atoms with Gasteiger partial charge in [-0.15, -0.1) is 0 Å². The average molecular weight is 532 g/mol. The maximum atomic E-state index is 12.3. The van der Waals surface area contributed by atoms with E-state index in [1.54, 1.807) is 18.2 Å². The Kier molecular flexibility index (Phi) is 8.08. The van der Waals surface area contributed by atoms with E-state index in [1.165, 1.54) is 6.33 Å². The zero-order valence-corrected chi connectivity index (χ0v) is 21.3. The van der Waals surface area contributed by atoms with E-state index in [1.807, 2.05) is 55.5 Å². The van der Waals surface area contributed by atoms with Crippen LogP contribution in [-0.4, -0.2) is 15.9 Å². The highest BCUT2D eigenvalue weighted by Crippen LogP contribution is 2.36. The number of nitrogens with two attached hydrogens (primary N) is 1. The third-order valence-corrected chi connectivity index (χ3v) is 6.23. The number of carbonyl (C=O) groups is 1. The first kappa shape index (κ1) is 25.8. The molecule has 3 aromatic carbocycles. The number of anilines is 4. The fraction of sp³-hybridized carbons (Fsp3) is 0.111. The molecule has 4 rings (SSSR count). The van der Waals surface area contributed by atoms with Gasteiger partial charge in [0.15, 0.2) is 11.6 Å². The van der Waals surface area contributed by atoms with E-state index >= 15 is 0 Å². The molecule has 1 aromatic heterocycles. The number of nitriles is 1. The predicted molar refractivity (Wildman–Crippen MR) is 147 cm³/mol. The lowest BCUT2D eigenvalue weighted by molar-refractivity contribution is -0.119. The molecule has 1 atom stereocenters. The number of amides is 1.